The number of alkyl halides is 3. The molecule has 0 bridgehead atoms. The van der Waals surface area contributed by atoms with E-state index in [9.17, 15) is 22.4 Å². The Balaban J connectivity index is 2.15. The van der Waals surface area contributed by atoms with E-state index in [2.05, 4.69) is 0 Å². The summed E-state index contributed by atoms with van der Waals surface area (Å²) in [5.41, 5.74) is 0.846. The van der Waals surface area contributed by atoms with Crippen molar-refractivity contribution >= 4 is 11.4 Å². The number of amides is 1. The molecule has 0 saturated heterocycles. The van der Waals surface area contributed by atoms with Crippen LogP contribution < -0.4 is 5.32 Å². The van der Waals surface area contributed by atoms with Gasteiger partial charge in [0, 0.05) is 18.4 Å². The van der Waals surface area contributed by atoms with Gasteiger partial charge in [-0.1, -0.05) is 0 Å². The van der Waals surface area contributed by atoms with Crippen molar-refractivity contribution in [3.63, 3.8) is 0 Å². The SMILES string of the molecule is CC(Cc1ccn2cccc(F)c12)NC(=O)C(F)(F)F. The molecule has 0 aromatic carbocycles. The minimum Gasteiger partial charge on any atom is -0.345 e. The first-order chi connectivity index (χ1) is 9.29. The molecule has 0 aliphatic carbocycles. The first-order valence-electron chi connectivity index (χ1n) is 5.91. The van der Waals surface area contributed by atoms with Gasteiger partial charge in [-0.15, -0.1) is 0 Å². The van der Waals surface area contributed by atoms with E-state index >= 15 is 0 Å². The summed E-state index contributed by atoms with van der Waals surface area (Å²) in [6.07, 6.45) is -1.55. The largest absolute Gasteiger partial charge is 0.471 e. The molecule has 0 fully saturated rings. The maximum Gasteiger partial charge on any atom is 0.471 e. The number of carbonyl (C=O) groups excluding carboxylic acids is 1. The lowest BCUT2D eigenvalue weighted by Gasteiger charge is -2.15. The minimum absolute atomic E-state index is 0.110. The van der Waals surface area contributed by atoms with Crippen LogP contribution >= 0.6 is 0 Å². The molecule has 2 aromatic heterocycles. The maximum atomic E-state index is 13.7. The molecule has 2 rings (SSSR count). The monoisotopic (exact) mass is 288 g/mol. The van der Waals surface area contributed by atoms with Gasteiger partial charge in [0.25, 0.3) is 0 Å². The number of pyridine rings is 1. The molecule has 0 saturated carbocycles. The molecular weight excluding hydrogens is 276 g/mol. The highest BCUT2D eigenvalue weighted by Gasteiger charge is 2.39. The van der Waals surface area contributed by atoms with Gasteiger partial charge in [-0.05, 0) is 37.1 Å². The number of carbonyl (C=O) groups is 1. The summed E-state index contributed by atoms with van der Waals surface area (Å²) in [5.74, 6) is -2.45. The van der Waals surface area contributed by atoms with Gasteiger partial charge in [0.2, 0.25) is 0 Å². The summed E-state index contributed by atoms with van der Waals surface area (Å²) in [6.45, 7) is 1.44. The molecule has 3 nitrogen and oxygen atoms in total. The molecule has 0 aliphatic heterocycles. The van der Waals surface area contributed by atoms with Crippen LogP contribution in [0.5, 0.6) is 0 Å². The Morgan fingerprint density at radius 3 is 2.70 bits per heavy atom. The number of nitrogens with one attached hydrogen (secondary N) is 1. The molecule has 1 atom stereocenters. The highest BCUT2D eigenvalue weighted by molar-refractivity contribution is 5.82. The van der Waals surface area contributed by atoms with E-state index in [4.69, 9.17) is 0 Å². The van der Waals surface area contributed by atoms with E-state index in [-0.39, 0.29) is 6.42 Å². The maximum absolute atomic E-state index is 13.7. The molecule has 1 amide bonds. The van der Waals surface area contributed by atoms with Crippen molar-refractivity contribution in [2.75, 3.05) is 0 Å². The zero-order chi connectivity index (χ0) is 14.9. The van der Waals surface area contributed by atoms with Crippen LogP contribution in [0.1, 0.15) is 12.5 Å². The summed E-state index contributed by atoms with van der Waals surface area (Å²) in [4.78, 5) is 10.8. The second-order valence-corrected chi connectivity index (χ2v) is 4.53. The first-order valence-corrected chi connectivity index (χ1v) is 5.91. The van der Waals surface area contributed by atoms with E-state index in [0.29, 0.717) is 11.1 Å². The summed E-state index contributed by atoms with van der Waals surface area (Å²) >= 11 is 0. The fourth-order valence-corrected chi connectivity index (χ4v) is 2.04. The zero-order valence-electron chi connectivity index (χ0n) is 10.5. The molecule has 0 aliphatic rings. The number of fused-ring (bicyclic) bond motifs is 1. The number of rotatable bonds is 3. The molecule has 108 valence electrons. The molecule has 2 aromatic rings. The number of hydrogen-bond donors (Lipinski definition) is 1. The Morgan fingerprint density at radius 2 is 2.05 bits per heavy atom. The Kier molecular flexibility index (Phi) is 3.69. The number of nitrogens with zero attached hydrogens (tertiary/aromatic N) is 1. The molecule has 1 N–H and O–H groups in total. The van der Waals surface area contributed by atoms with Crippen molar-refractivity contribution in [3.05, 3.63) is 42.0 Å². The smallest absolute Gasteiger partial charge is 0.345 e. The fourth-order valence-electron chi connectivity index (χ4n) is 2.04. The third-order valence-corrected chi connectivity index (χ3v) is 2.88. The van der Waals surface area contributed by atoms with Gasteiger partial charge in [0.05, 0.1) is 5.52 Å². The van der Waals surface area contributed by atoms with Gasteiger partial charge >= 0.3 is 12.1 Å². The lowest BCUT2D eigenvalue weighted by atomic mass is 10.1. The highest BCUT2D eigenvalue weighted by Crippen LogP contribution is 2.19. The van der Waals surface area contributed by atoms with Crippen LogP contribution in [0.15, 0.2) is 30.6 Å². The molecule has 20 heavy (non-hydrogen) atoms. The standard InChI is InChI=1S/C13H12F4N2O/c1-8(18-12(20)13(15,16)17)7-9-4-6-19-5-2-3-10(14)11(9)19/h2-6,8H,7H2,1H3,(H,18,20). The normalized spacial score (nSPS) is 13.4. The zero-order valence-corrected chi connectivity index (χ0v) is 10.5. The third kappa shape index (κ3) is 2.92. The van der Waals surface area contributed by atoms with Gasteiger partial charge in [0.1, 0.15) is 5.82 Å². The van der Waals surface area contributed by atoms with Crippen LogP contribution in [0.4, 0.5) is 17.6 Å². The van der Waals surface area contributed by atoms with Crippen molar-refractivity contribution in [2.45, 2.75) is 25.6 Å². The number of aromatic nitrogens is 1. The average Bonchev–Trinajstić information content (AvgIpc) is 2.72. The van der Waals surface area contributed by atoms with Gasteiger partial charge in [-0.2, -0.15) is 13.2 Å². The lowest BCUT2D eigenvalue weighted by Crippen LogP contribution is -2.42. The van der Waals surface area contributed by atoms with Gasteiger partial charge in [-0.3, -0.25) is 4.79 Å². The minimum atomic E-state index is -4.91. The third-order valence-electron chi connectivity index (χ3n) is 2.88. The van der Waals surface area contributed by atoms with Crippen LogP contribution in [-0.4, -0.2) is 22.5 Å². The molecule has 0 radical (unpaired) electrons. The van der Waals surface area contributed by atoms with Crippen LogP contribution in [-0.2, 0) is 11.2 Å². The van der Waals surface area contributed by atoms with Crippen molar-refractivity contribution in [3.8, 4) is 0 Å². The topological polar surface area (TPSA) is 33.5 Å². The van der Waals surface area contributed by atoms with Crippen LogP contribution in [0.2, 0.25) is 0 Å². The van der Waals surface area contributed by atoms with Gasteiger partial charge in [0.15, 0.2) is 0 Å². The second kappa shape index (κ2) is 5.15. The van der Waals surface area contributed by atoms with E-state index in [1.807, 2.05) is 5.32 Å². The second-order valence-electron chi connectivity index (χ2n) is 4.53. The Bertz CT molecular complexity index is 633. The molecular formula is C13H12F4N2O. The summed E-state index contributed by atoms with van der Waals surface area (Å²) in [5, 5.41) is 1.85. The van der Waals surface area contributed by atoms with Crippen molar-refractivity contribution in [1.82, 2.24) is 9.72 Å². The van der Waals surface area contributed by atoms with E-state index in [1.54, 1.807) is 22.9 Å². The Labute approximate surface area is 112 Å². The average molecular weight is 288 g/mol. The molecule has 0 spiro atoms. The predicted molar refractivity (Wildman–Crippen MR) is 64.7 cm³/mol. The molecule has 1 unspecified atom stereocenters. The van der Waals surface area contributed by atoms with Crippen LogP contribution in [0, 0.1) is 5.82 Å². The quantitative estimate of drug-likeness (QED) is 0.866. The Morgan fingerprint density at radius 1 is 1.35 bits per heavy atom. The van der Waals surface area contributed by atoms with E-state index < -0.39 is 23.9 Å². The first kappa shape index (κ1) is 14.4. The van der Waals surface area contributed by atoms with Crippen molar-refractivity contribution < 1.29 is 22.4 Å². The van der Waals surface area contributed by atoms with Crippen LogP contribution in [0.25, 0.3) is 5.52 Å². The fraction of sp³-hybridized carbons (Fsp3) is 0.308. The summed E-state index contributed by atoms with van der Waals surface area (Å²) in [6, 6.07) is 3.67. The van der Waals surface area contributed by atoms with E-state index in [0.717, 1.165) is 0 Å². The summed E-state index contributed by atoms with van der Waals surface area (Å²) < 4.78 is 51.6. The van der Waals surface area contributed by atoms with Gasteiger partial charge < -0.3 is 9.72 Å². The predicted octanol–water partition coefficient (Wildman–Crippen LogP) is 2.69. The molecule has 7 heteroatoms. The number of hydrogen-bond acceptors (Lipinski definition) is 1. The highest BCUT2D eigenvalue weighted by atomic mass is 19.4. The summed E-state index contributed by atoms with van der Waals surface area (Å²) in [7, 11) is 0. The van der Waals surface area contributed by atoms with Gasteiger partial charge in [-0.25, -0.2) is 4.39 Å². The van der Waals surface area contributed by atoms with Crippen LogP contribution in [0.3, 0.4) is 0 Å². The molecule has 2 heterocycles. The number of halogens is 4. The lowest BCUT2D eigenvalue weighted by molar-refractivity contribution is -0.174. The Hall–Kier alpha value is -2.05. The van der Waals surface area contributed by atoms with E-state index in [1.165, 1.54) is 19.1 Å². The van der Waals surface area contributed by atoms with Crippen molar-refractivity contribution in [1.29, 1.82) is 0 Å². The van der Waals surface area contributed by atoms with Crippen molar-refractivity contribution in [2.24, 2.45) is 0 Å².